The van der Waals surface area contributed by atoms with Crippen LogP contribution in [0.25, 0.3) is 0 Å². The molecule has 1 fully saturated rings. The van der Waals surface area contributed by atoms with Gasteiger partial charge in [-0.05, 0) is 18.3 Å². The molecule has 2 heterocycles. The largest absolute Gasteiger partial charge is 0.476 e. The van der Waals surface area contributed by atoms with Crippen molar-refractivity contribution < 1.29 is 14.6 Å². The summed E-state index contributed by atoms with van der Waals surface area (Å²) in [5.41, 5.74) is 0.122. The zero-order chi connectivity index (χ0) is 13.0. The fraction of sp³-hybridized carbons (Fsp3) is 0.583. The zero-order valence-corrected chi connectivity index (χ0v) is 10.3. The van der Waals surface area contributed by atoms with E-state index < -0.39 is 5.97 Å². The van der Waals surface area contributed by atoms with Gasteiger partial charge in [-0.2, -0.15) is 0 Å². The number of aromatic carboxylic acids is 1. The van der Waals surface area contributed by atoms with Crippen molar-refractivity contribution in [1.82, 2.24) is 9.97 Å². The van der Waals surface area contributed by atoms with Crippen molar-refractivity contribution in [3.05, 3.63) is 18.1 Å². The highest BCUT2D eigenvalue weighted by Crippen LogP contribution is 2.29. The van der Waals surface area contributed by atoms with Crippen LogP contribution in [0.4, 0.5) is 5.82 Å². The Balaban J connectivity index is 1.97. The van der Waals surface area contributed by atoms with Crippen LogP contribution in [0.3, 0.4) is 0 Å². The van der Waals surface area contributed by atoms with Crippen LogP contribution in [-0.4, -0.2) is 40.8 Å². The fourth-order valence-electron chi connectivity index (χ4n) is 1.90. The first-order valence-corrected chi connectivity index (χ1v) is 5.96. The first-order valence-electron chi connectivity index (χ1n) is 5.96. The third-order valence-electron chi connectivity index (χ3n) is 3.25. The summed E-state index contributed by atoms with van der Waals surface area (Å²) in [5, 5.41) is 12.0. The molecule has 6 nitrogen and oxygen atoms in total. The lowest BCUT2D eigenvalue weighted by molar-refractivity contribution is 0.0300. The maximum atomic E-state index is 10.8. The third kappa shape index (κ3) is 3.16. The summed E-state index contributed by atoms with van der Waals surface area (Å²) >= 11 is 0. The Labute approximate surface area is 105 Å². The molecule has 1 aromatic heterocycles. The van der Waals surface area contributed by atoms with Gasteiger partial charge < -0.3 is 15.2 Å². The lowest BCUT2D eigenvalue weighted by Crippen LogP contribution is -2.33. The molecule has 0 spiro atoms. The summed E-state index contributed by atoms with van der Waals surface area (Å²) in [6.07, 6.45) is 4.76. The van der Waals surface area contributed by atoms with E-state index in [1.54, 1.807) is 0 Å². The van der Waals surface area contributed by atoms with E-state index >= 15 is 0 Å². The summed E-state index contributed by atoms with van der Waals surface area (Å²) in [5.74, 6) is -0.564. The standard InChI is InChI=1S/C12H17N3O3/c1-12(2-4-18-5-3-12)8-14-10-7-13-6-9(15-10)11(16)17/h6-7H,2-5,8H2,1H3,(H,14,15)(H,16,17). The highest BCUT2D eigenvalue weighted by atomic mass is 16.5. The molecule has 6 heteroatoms. The molecule has 98 valence electrons. The van der Waals surface area contributed by atoms with Gasteiger partial charge in [-0.1, -0.05) is 6.92 Å². The van der Waals surface area contributed by atoms with Gasteiger partial charge in [0.15, 0.2) is 5.69 Å². The maximum Gasteiger partial charge on any atom is 0.356 e. The number of hydrogen-bond acceptors (Lipinski definition) is 5. The number of nitrogens with zero attached hydrogens (tertiary/aromatic N) is 2. The number of nitrogens with one attached hydrogen (secondary N) is 1. The number of ether oxygens (including phenoxy) is 1. The van der Waals surface area contributed by atoms with Gasteiger partial charge in [0.05, 0.1) is 12.4 Å². The van der Waals surface area contributed by atoms with E-state index in [0.29, 0.717) is 5.82 Å². The number of carboxylic acid groups (broad SMARTS) is 1. The first kappa shape index (κ1) is 12.8. The Morgan fingerprint density at radius 1 is 1.50 bits per heavy atom. The van der Waals surface area contributed by atoms with Crippen molar-refractivity contribution in [2.45, 2.75) is 19.8 Å². The van der Waals surface area contributed by atoms with E-state index in [4.69, 9.17) is 9.84 Å². The smallest absolute Gasteiger partial charge is 0.356 e. The molecule has 1 saturated heterocycles. The normalized spacial score (nSPS) is 18.3. The molecule has 1 aliphatic heterocycles. The topological polar surface area (TPSA) is 84.3 Å². The average Bonchev–Trinajstić information content (AvgIpc) is 2.38. The molecule has 0 atom stereocenters. The van der Waals surface area contributed by atoms with Gasteiger partial charge in [0.2, 0.25) is 0 Å². The Morgan fingerprint density at radius 3 is 2.89 bits per heavy atom. The van der Waals surface area contributed by atoms with Gasteiger partial charge in [0.1, 0.15) is 5.82 Å². The minimum absolute atomic E-state index is 0.0443. The van der Waals surface area contributed by atoms with Crippen LogP contribution in [0.1, 0.15) is 30.3 Å². The Hall–Kier alpha value is -1.69. The molecule has 0 aliphatic carbocycles. The molecule has 0 amide bonds. The Bertz CT molecular complexity index is 430. The van der Waals surface area contributed by atoms with Gasteiger partial charge in [-0.15, -0.1) is 0 Å². The summed E-state index contributed by atoms with van der Waals surface area (Å²) in [4.78, 5) is 18.6. The van der Waals surface area contributed by atoms with Crippen molar-refractivity contribution in [3.8, 4) is 0 Å². The predicted octanol–water partition coefficient (Wildman–Crippen LogP) is 1.40. The second-order valence-electron chi connectivity index (χ2n) is 4.87. The number of hydrogen-bond donors (Lipinski definition) is 2. The van der Waals surface area contributed by atoms with Crippen molar-refractivity contribution in [1.29, 1.82) is 0 Å². The highest BCUT2D eigenvalue weighted by molar-refractivity contribution is 5.85. The molecule has 2 rings (SSSR count). The van der Waals surface area contributed by atoms with Crippen molar-refractivity contribution in [2.75, 3.05) is 25.1 Å². The number of aromatic nitrogens is 2. The number of rotatable bonds is 4. The molecule has 0 radical (unpaired) electrons. The zero-order valence-electron chi connectivity index (χ0n) is 10.3. The van der Waals surface area contributed by atoms with Crippen molar-refractivity contribution in [2.24, 2.45) is 5.41 Å². The summed E-state index contributed by atoms with van der Waals surface area (Å²) in [6.45, 7) is 4.49. The third-order valence-corrected chi connectivity index (χ3v) is 3.25. The van der Waals surface area contributed by atoms with Crippen LogP contribution in [0.5, 0.6) is 0 Å². The van der Waals surface area contributed by atoms with Crippen LogP contribution >= 0.6 is 0 Å². The summed E-state index contributed by atoms with van der Waals surface area (Å²) < 4.78 is 5.33. The van der Waals surface area contributed by atoms with Crippen LogP contribution in [-0.2, 0) is 4.74 Å². The van der Waals surface area contributed by atoms with Gasteiger partial charge in [0.25, 0.3) is 0 Å². The van der Waals surface area contributed by atoms with E-state index in [9.17, 15) is 4.79 Å². The minimum Gasteiger partial charge on any atom is -0.476 e. The lowest BCUT2D eigenvalue weighted by Gasteiger charge is -2.33. The number of carboxylic acids is 1. The molecule has 18 heavy (non-hydrogen) atoms. The molecule has 1 aromatic rings. The van der Waals surface area contributed by atoms with Crippen LogP contribution in [0, 0.1) is 5.41 Å². The van der Waals surface area contributed by atoms with E-state index in [-0.39, 0.29) is 11.1 Å². The summed E-state index contributed by atoms with van der Waals surface area (Å²) in [6, 6.07) is 0. The quantitative estimate of drug-likeness (QED) is 0.841. The SMILES string of the molecule is CC1(CNc2cncc(C(=O)O)n2)CCOCC1. The second-order valence-corrected chi connectivity index (χ2v) is 4.87. The van der Waals surface area contributed by atoms with Crippen LogP contribution in [0.15, 0.2) is 12.4 Å². The van der Waals surface area contributed by atoms with E-state index in [0.717, 1.165) is 32.6 Å². The highest BCUT2D eigenvalue weighted by Gasteiger charge is 2.27. The molecular formula is C12H17N3O3. The van der Waals surface area contributed by atoms with E-state index in [1.807, 2.05) is 0 Å². The van der Waals surface area contributed by atoms with Crippen LogP contribution in [0.2, 0.25) is 0 Å². The van der Waals surface area contributed by atoms with Gasteiger partial charge in [-0.3, -0.25) is 4.98 Å². The molecule has 0 bridgehead atoms. The lowest BCUT2D eigenvalue weighted by atomic mass is 9.82. The van der Waals surface area contributed by atoms with Gasteiger partial charge in [0, 0.05) is 19.8 Å². The second kappa shape index (κ2) is 5.30. The fourth-order valence-corrected chi connectivity index (χ4v) is 1.90. The Kier molecular flexibility index (Phi) is 3.76. The Morgan fingerprint density at radius 2 is 2.22 bits per heavy atom. The predicted molar refractivity (Wildman–Crippen MR) is 65.6 cm³/mol. The average molecular weight is 251 g/mol. The molecule has 0 aromatic carbocycles. The molecule has 1 aliphatic rings. The molecular weight excluding hydrogens is 234 g/mol. The van der Waals surface area contributed by atoms with Crippen molar-refractivity contribution in [3.63, 3.8) is 0 Å². The monoisotopic (exact) mass is 251 g/mol. The van der Waals surface area contributed by atoms with Crippen molar-refractivity contribution >= 4 is 11.8 Å². The molecule has 0 saturated carbocycles. The summed E-state index contributed by atoms with van der Waals surface area (Å²) in [7, 11) is 0. The van der Waals surface area contributed by atoms with Gasteiger partial charge >= 0.3 is 5.97 Å². The minimum atomic E-state index is -1.07. The molecule has 0 unspecified atom stereocenters. The number of carbonyl (C=O) groups is 1. The number of anilines is 1. The van der Waals surface area contributed by atoms with Crippen LogP contribution < -0.4 is 5.32 Å². The first-order chi connectivity index (χ1) is 8.59. The van der Waals surface area contributed by atoms with Gasteiger partial charge in [-0.25, -0.2) is 9.78 Å². The molecule has 2 N–H and O–H groups in total. The maximum absolute atomic E-state index is 10.8. The van der Waals surface area contributed by atoms with E-state index in [1.165, 1.54) is 12.4 Å². The van der Waals surface area contributed by atoms with E-state index in [2.05, 4.69) is 22.2 Å².